The molecular weight excluding hydrogens is 1130 g/mol. The first-order chi connectivity index (χ1) is 42.0. The maximum absolute atomic E-state index is 7.12. The molecule has 0 saturated carbocycles. The molecule has 3 aromatic carbocycles. The molecule has 0 N–H and O–H groups in total. The Hall–Kier alpha value is -2.28. The highest BCUT2D eigenvalue weighted by Gasteiger charge is 2.35. The highest BCUT2D eigenvalue weighted by atomic mass is 32.2. The fraction of sp³-hybridized carbons (Fsp3) is 0.744. The minimum atomic E-state index is -0.136. The van der Waals surface area contributed by atoms with Crippen molar-refractivity contribution in [3.05, 3.63) is 86.5 Å². The van der Waals surface area contributed by atoms with Gasteiger partial charge in [-0.05, 0) is 155 Å². The van der Waals surface area contributed by atoms with Crippen LogP contribution in [0.5, 0.6) is 17.2 Å². The van der Waals surface area contributed by atoms with Crippen LogP contribution in [0, 0.1) is 20.8 Å². The van der Waals surface area contributed by atoms with Crippen LogP contribution >= 0.6 is 35.3 Å². The van der Waals surface area contributed by atoms with Crippen LogP contribution in [0.25, 0.3) is 0 Å². The summed E-state index contributed by atoms with van der Waals surface area (Å²) in [5.74, 6) is 6.81. The predicted molar refractivity (Wildman–Crippen MR) is 402 cm³/mol. The van der Waals surface area contributed by atoms with Gasteiger partial charge in [0.2, 0.25) is 0 Å². The summed E-state index contributed by atoms with van der Waals surface area (Å²) >= 11 is 5.83. The second-order valence-corrected chi connectivity index (χ2v) is 33.1. The average Bonchev–Trinajstić information content (AvgIpc) is 3.64. The Bertz CT molecular complexity index is 2360. The molecule has 1 atom stereocenters. The molecule has 0 fully saturated rings. The second kappa shape index (κ2) is 44.3. The molecular formula is C82H139O3S3+3. The largest absolute Gasteiger partial charge is 0.363 e. The van der Waals surface area contributed by atoms with Crippen molar-refractivity contribution in [3.63, 3.8) is 0 Å². The number of thioether (sulfide) groups is 3. The van der Waals surface area contributed by atoms with Gasteiger partial charge in [-0.2, -0.15) is 0 Å². The Balaban J connectivity index is 2.11. The molecule has 0 aliphatic rings. The van der Waals surface area contributed by atoms with Crippen molar-refractivity contribution in [2.24, 2.45) is 0 Å². The van der Waals surface area contributed by atoms with Crippen LogP contribution in [-0.2, 0) is 29.5 Å². The van der Waals surface area contributed by atoms with Crippen molar-refractivity contribution in [2.75, 3.05) is 17.3 Å². The normalized spacial score (nSPS) is 13.7. The molecule has 0 spiro atoms. The molecule has 0 radical (unpaired) electrons. The van der Waals surface area contributed by atoms with Gasteiger partial charge in [-0.25, -0.2) is 13.3 Å². The number of hydrogen-bond donors (Lipinski definition) is 0. The lowest BCUT2D eigenvalue weighted by Crippen LogP contribution is -2.18. The summed E-state index contributed by atoms with van der Waals surface area (Å²) in [5, 5.41) is 3.42. The van der Waals surface area contributed by atoms with Crippen molar-refractivity contribution in [2.45, 2.75) is 378 Å². The van der Waals surface area contributed by atoms with Gasteiger partial charge in [-0.15, -0.1) is 0 Å². The minimum Gasteiger partial charge on any atom is -0.205 e. The zero-order valence-corrected chi connectivity index (χ0v) is 63.7. The van der Waals surface area contributed by atoms with Crippen molar-refractivity contribution >= 4 is 50.6 Å². The summed E-state index contributed by atoms with van der Waals surface area (Å²) in [6.45, 7) is 44.6. The van der Waals surface area contributed by atoms with E-state index >= 15 is 0 Å². The first kappa shape index (κ1) is 80.0. The van der Waals surface area contributed by atoms with Crippen LogP contribution < -0.4 is 0 Å². The first-order valence-electron chi connectivity index (χ1n) is 37.0. The Kier molecular flexibility index (Phi) is 40.3. The maximum Gasteiger partial charge on any atom is 0.363 e. The lowest BCUT2D eigenvalue weighted by molar-refractivity contribution is -0.365. The van der Waals surface area contributed by atoms with Gasteiger partial charge in [0, 0.05) is 41.4 Å². The van der Waals surface area contributed by atoms with E-state index in [4.69, 9.17) is 13.3 Å². The smallest absolute Gasteiger partial charge is 0.205 e. The topological polar surface area (TPSA) is 33.9 Å². The molecule has 0 amide bonds. The van der Waals surface area contributed by atoms with E-state index in [0.29, 0.717) is 0 Å². The van der Waals surface area contributed by atoms with Crippen LogP contribution in [0.1, 0.15) is 391 Å². The molecule has 3 rings (SSSR count). The van der Waals surface area contributed by atoms with Gasteiger partial charge in [-0.1, -0.05) is 284 Å². The van der Waals surface area contributed by atoms with E-state index in [-0.39, 0.29) is 28.1 Å². The van der Waals surface area contributed by atoms with Crippen LogP contribution in [0.2, 0.25) is 0 Å². The number of hydrogen-bond acceptors (Lipinski definition) is 3. The second-order valence-electron chi connectivity index (χ2n) is 29.6. The third-order valence-corrected chi connectivity index (χ3v) is 21.8. The van der Waals surface area contributed by atoms with Crippen molar-refractivity contribution in [1.29, 1.82) is 0 Å². The zero-order valence-electron chi connectivity index (χ0n) is 61.2. The average molecular weight is 1270 g/mol. The summed E-state index contributed by atoms with van der Waals surface area (Å²) in [4.78, 5) is 0. The van der Waals surface area contributed by atoms with Crippen LogP contribution in [0.3, 0.4) is 0 Å². The lowest BCUT2D eigenvalue weighted by atomic mass is 9.74. The van der Waals surface area contributed by atoms with Gasteiger partial charge in [-0.3, -0.25) is 0 Å². The first-order valence-corrected chi connectivity index (χ1v) is 39.9. The Morgan fingerprint density at radius 1 is 0.330 bits per heavy atom. The number of aryl methyl sites for hydroxylation is 3. The summed E-state index contributed by atoms with van der Waals surface area (Å²) in [6.07, 6.45) is 44.5. The maximum atomic E-state index is 7.12. The van der Waals surface area contributed by atoms with Gasteiger partial charge in [0.15, 0.2) is 0 Å². The lowest BCUT2D eigenvalue weighted by Gasteiger charge is -2.29. The van der Waals surface area contributed by atoms with E-state index in [1.54, 1.807) is 0 Å². The number of benzene rings is 3. The monoisotopic (exact) mass is 1270 g/mol. The van der Waals surface area contributed by atoms with E-state index in [2.05, 4.69) is 168 Å². The van der Waals surface area contributed by atoms with Gasteiger partial charge in [0.25, 0.3) is 0 Å². The summed E-state index contributed by atoms with van der Waals surface area (Å²) in [7, 11) is 0. The third kappa shape index (κ3) is 30.6. The third-order valence-electron chi connectivity index (χ3n) is 18.2. The fourth-order valence-corrected chi connectivity index (χ4v) is 15.4. The van der Waals surface area contributed by atoms with Crippen molar-refractivity contribution in [3.8, 4) is 17.2 Å². The number of carbonyl (C=O) groups excluding carboxylic acids is 3. The number of unbranched alkanes of at least 4 members (excludes halogenated alkanes) is 27. The van der Waals surface area contributed by atoms with E-state index in [1.807, 2.05) is 35.3 Å². The van der Waals surface area contributed by atoms with Gasteiger partial charge in [0.05, 0.1) is 36.0 Å². The highest BCUT2D eigenvalue weighted by molar-refractivity contribution is 8.14. The molecule has 88 heavy (non-hydrogen) atoms. The van der Waals surface area contributed by atoms with E-state index < -0.39 is 0 Å². The molecule has 1 unspecified atom stereocenters. The van der Waals surface area contributed by atoms with E-state index in [0.717, 1.165) is 75.5 Å². The SMILES string of the molecule is CCCCCCCCCCCCSC(CC)=[O+]c1cc(C)c(C(C)CC(c2cc(C(C)(C)C)c([O+]=C(CC)SCCCCCCCCCCCC)cc2C)c2cc(C(C)(C)C)c([O+]=C(CC)SCCCCCCCCCCCC)cc2C)cc1C(C)(C)C. The van der Waals surface area contributed by atoms with Gasteiger partial charge < -0.3 is 0 Å². The van der Waals surface area contributed by atoms with E-state index in [1.165, 1.54) is 243 Å². The van der Waals surface area contributed by atoms with Gasteiger partial charge in [0.1, 0.15) is 0 Å². The molecule has 3 nitrogen and oxygen atoms in total. The minimum absolute atomic E-state index is 0.0984. The predicted octanol–water partition coefficient (Wildman–Crippen LogP) is 28.3. The molecule has 6 heteroatoms. The number of rotatable bonds is 44. The Morgan fingerprint density at radius 3 is 0.795 bits per heavy atom. The molecule has 500 valence electrons. The Morgan fingerprint density at radius 2 is 0.557 bits per heavy atom. The molecule has 0 aromatic heterocycles. The Labute approximate surface area is 559 Å². The highest BCUT2D eigenvalue weighted by Crippen LogP contribution is 2.47. The van der Waals surface area contributed by atoms with E-state index in [9.17, 15) is 0 Å². The van der Waals surface area contributed by atoms with Crippen molar-refractivity contribution < 1.29 is 13.3 Å². The fourth-order valence-electron chi connectivity index (χ4n) is 12.6. The molecule has 0 saturated heterocycles. The molecule has 0 bridgehead atoms. The molecule has 3 aromatic rings. The van der Waals surface area contributed by atoms with Crippen LogP contribution in [0.4, 0.5) is 0 Å². The summed E-state index contributed by atoms with van der Waals surface area (Å²) in [6, 6.07) is 14.9. The molecule has 0 aliphatic carbocycles. The van der Waals surface area contributed by atoms with Gasteiger partial charge >= 0.3 is 32.6 Å². The summed E-state index contributed by atoms with van der Waals surface area (Å²) in [5.41, 5.74) is 11.6. The molecule has 0 aliphatic heterocycles. The standard InChI is InChI=1S/C82H139O3S3/c1-20-26-29-32-35-38-41-44-47-50-53-86-77(23-4)83-74-57-64(8)67(60-71(74)80(11,12)13)63(7)56-70(68-61-72(81(14,15)16)75(58-65(68)9)84-78(24-5)87-54-51-48-45-42-39-36-33-30-27-21-2)69-62-73(82(17,18)19)76(59-66(69)10)85-79(25-6)88-55-52-49-46-43-40-37-34-31-28-22-3/h57-63,70H,20-56H2,1-19H3/q+3. The molecule has 0 heterocycles. The van der Waals surface area contributed by atoms with Crippen molar-refractivity contribution in [1.82, 2.24) is 0 Å². The quantitative estimate of drug-likeness (QED) is 0.0418. The zero-order chi connectivity index (χ0) is 65.0. The van der Waals surface area contributed by atoms with Crippen LogP contribution in [-0.4, -0.2) is 32.6 Å². The summed E-state index contributed by atoms with van der Waals surface area (Å²) < 4.78 is 21.3. The van der Waals surface area contributed by atoms with Crippen LogP contribution in [0.15, 0.2) is 36.4 Å².